The summed E-state index contributed by atoms with van der Waals surface area (Å²) in [6, 6.07) is 8.81. The second-order valence-electron chi connectivity index (χ2n) is 7.26. The van der Waals surface area contributed by atoms with Gasteiger partial charge in [0.25, 0.3) is 0 Å². The van der Waals surface area contributed by atoms with E-state index in [9.17, 15) is 4.39 Å². The van der Waals surface area contributed by atoms with Gasteiger partial charge in [-0.15, -0.1) is 11.3 Å². The summed E-state index contributed by atoms with van der Waals surface area (Å²) in [6.45, 7) is 5.08. The lowest BCUT2D eigenvalue weighted by Gasteiger charge is -2.33. The Hall–Kier alpha value is -3.07. The minimum absolute atomic E-state index is 0.271. The number of hydrazone groups is 1. The highest BCUT2D eigenvalue weighted by molar-refractivity contribution is 7.11. The van der Waals surface area contributed by atoms with Crippen molar-refractivity contribution in [1.82, 2.24) is 15.0 Å². The molecule has 2 aromatic heterocycles. The van der Waals surface area contributed by atoms with Gasteiger partial charge in [0.2, 0.25) is 17.8 Å². The van der Waals surface area contributed by atoms with Gasteiger partial charge in [-0.1, -0.05) is 12.1 Å². The molecule has 0 unspecified atom stereocenters. The van der Waals surface area contributed by atoms with E-state index < -0.39 is 0 Å². The van der Waals surface area contributed by atoms with Crippen molar-refractivity contribution < 1.29 is 4.39 Å². The summed E-state index contributed by atoms with van der Waals surface area (Å²) in [6.07, 6.45) is 5.11. The zero-order chi connectivity index (χ0) is 20.9. The molecule has 9 heteroatoms. The molecule has 1 aromatic carbocycles. The SMILES string of the molecule is Cc1ccsc1/C=N\Nc1nc(Nc2ccccc2F)nc(N2CCCC[C@H]2C)n1. The molecule has 30 heavy (non-hydrogen) atoms. The van der Waals surface area contributed by atoms with Crippen LogP contribution in [-0.4, -0.2) is 33.8 Å². The van der Waals surface area contributed by atoms with E-state index in [0.29, 0.717) is 23.6 Å². The maximum Gasteiger partial charge on any atom is 0.250 e. The molecule has 1 aliphatic rings. The highest BCUT2D eigenvalue weighted by Gasteiger charge is 2.22. The highest BCUT2D eigenvalue weighted by Crippen LogP contribution is 2.25. The predicted molar refractivity (Wildman–Crippen MR) is 120 cm³/mol. The fourth-order valence-electron chi connectivity index (χ4n) is 3.34. The predicted octanol–water partition coefficient (Wildman–Crippen LogP) is 4.95. The lowest BCUT2D eigenvalue weighted by molar-refractivity contribution is 0.477. The smallest absolute Gasteiger partial charge is 0.250 e. The van der Waals surface area contributed by atoms with E-state index in [1.807, 2.05) is 18.4 Å². The molecule has 1 saturated heterocycles. The Morgan fingerprint density at radius 1 is 1.17 bits per heavy atom. The average Bonchev–Trinajstić information content (AvgIpc) is 3.15. The molecule has 0 saturated carbocycles. The van der Waals surface area contributed by atoms with Crippen LogP contribution in [0.4, 0.5) is 27.9 Å². The zero-order valence-corrected chi connectivity index (χ0v) is 17.8. The minimum Gasteiger partial charge on any atom is -0.338 e. The van der Waals surface area contributed by atoms with Crippen molar-refractivity contribution in [3.63, 3.8) is 0 Å². The van der Waals surface area contributed by atoms with Gasteiger partial charge in [0.1, 0.15) is 5.82 Å². The zero-order valence-electron chi connectivity index (χ0n) is 17.0. The van der Waals surface area contributed by atoms with Gasteiger partial charge in [0.15, 0.2) is 0 Å². The van der Waals surface area contributed by atoms with E-state index in [4.69, 9.17) is 0 Å². The number of thiophene rings is 1. The molecule has 1 atom stereocenters. The summed E-state index contributed by atoms with van der Waals surface area (Å²) in [5, 5.41) is 9.26. The van der Waals surface area contributed by atoms with Crippen LogP contribution in [0.2, 0.25) is 0 Å². The number of para-hydroxylation sites is 1. The number of nitrogens with zero attached hydrogens (tertiary/aromatic N) is 5. The third kappa shape index (κ3) is 4.73. The van der Waals surface area contributed by atoms with Crippen molar-refractivity contribution in [3.05, 3.63) is 52.0 Å². The maximum absolute atomic E-state index is 14.1. The molecule has 0 amide bonds. The molecular formula is C21H24FN7S. The first-order valence-electron chi connectivity index (χ1n) is 9.97. The molecule has 1 aliphatic heterocycles. The van der Waals surface area contributed by atoms with Crippen molar-refractivity contribution in [2.24, 2.45) is 5.10 Å². The molecule has 7 nitrogen and oxygen atoms in total. The van der Waals surface area contributed by atoms with Crippen LogP contribution in [0.3, 0.4) is 0 Å². The minimum atomic E-state index is -0.369. The number of hydrogen-bond donors (Lipinski definition) is 2. The number of hydrogen-bond acceptors (Lipinski definition) is 8. The van der Waals surface area contributed by atoms with E-state index in [0.717, 1.165) is 29.8 Å². The van der Waals surface area contributed by atoms with Crippen molar-refractivity contribution in [2.75, 3.05) is 22.2 Å². The van der Waals surface area contributed by atoms with Crippen molar-refractivity contribution in [1.29, 1.82) is 0 Å². The second-order valence-corrected chi connectivity index (χ2v) is 8.21. The summed E-state index contributed by atoms with van der Waals surface area (Å²) in [5.74, 6) is 0.766. The number of rotatable bonds is 6. The molecule has 156 valence electrons. The average molecular weight is 426 g/mol. The Bertz CT molecular complexity index is 1040. The highest BCUT2D eigenvalue weighted by atomic mass is 32.1. The molecule has 1 fully saturated rings. The lowest BCUT2D eigenvalue weighted by Crippen LogP contribution is -2.38. The van der Waals surface area contributed by atoms with Gasteiger partial charge in [-0.05, 0) is 62.3 Å². The molecule has 0 radical (unpaired) electrons. The second kappa shape index (κ2) is 9.17. The molecule has 0 spiro atoms. The van der Waals surface area contributed by atoms with E-state index in [-0.39, 0.29) is 11.8 Å². The topological polar surface area (TPSA) is 78.3 Å². The number of halogens is 1. The molecular weight excluding hydrogens is 401 g/mol. The monoisotopic (exact) mass is 425 g/mol. The van der Waals surface area contributed by atoms with Crippen LogP contribution in [0.5, 0.6) is 0 Å². The Morgan fingerprint density at radius 3 is 2.77 bits per heavy atom. The fourth-order valence-corrected chi connectivity index (χ4v) is 4.13. The molecule has 3 heterocycles. The van der Waals surface area contributed by atoms with Gasteiger partial charge in [0, 0.05) is 17.5 Å². The van der Waals surface area contributed by atoms with Gasteiger partial charge < -0.3 is 10.2 Å². The molecule has 2 N–H and O–H groups in total. The molecule has 3 aromatic rings. The summed E-state index contributed by atoms with van der Waals surface area (Å²) < 4.78 is 14.1. The molecule has 0 bridgehead atoms. The Morgan fingerprint density at radius 2 is 2.00 bits per heavy atom. The number of aromatic nitrogens is 3. The largest absolute Gasteiger partial charge is 0.338 e. The van der Waals surface area contributed by atoms with Crippen molar-refractivity contribution in [2.45, 2.75) is 39.2 Å². The number of nitrogens with one attached hydrogen (secondary N) is 2. The van der Waals surface area contributed by atoms with E-state index in [2.05, 4.69) is 42.6 Å². The maximum atomic E-state index is 14.1. The summed E-state index contributed by atoms with van der Waals surface area (Å²) >= 11 is 1.61. The van der Waals surface area contributed by atoms with Crippen molar-refractivity contribution in [3.8, 4) is 0 Å². The first kappa shape index (κ1) is 20.2. The molecule has 4 rings (SSSR count). The van der Waals surface area contributed by atoms with Gasteiger partial charge in [-0.25, -0.2) is 9.82 Å². The Labute approximate surface area is 179 Å². The lowest BCUT2D eigenvalue weighted by atomic mass is 10.0. The number of anilines is 4. The Balaban J connectivity index is 1.62. The van der Waals surface area contributed by atoms with Crippen LogP contribution in [0.25, 0.3) is 0 Å². The van der Waals surface area contributed by atoms with Crippen molar-refractivity contribution >= 4 is 41.1 Å². The number of benzene rings is 1. The van der Waals surface area contributed by atoms with Crippen LogP contribution in [0, 0.1) is 12.7 Å². The first-order valence-corrected chi connectivity index (χ1v) is 10.9. The normalized spacial score (nSPS) is 16.8. The van der Waals surface area contributed by atoms with Gasteiger partial charge in [-0.2, -0.15) is 20.1 Å². The fraction of sp³-hybridized carbons (Fsp3) is 0.333. The van der Waals surface area contributed by atoms with Crippen LogP contribution in [0.15, 0.2) is 40.8 Å². The van der Waals surface area contributed by atoms with Crippen LogP contribution in [-0.2, 0) is 0 Å². The Kier molecular flexibility index (Phi) is 6.18. The quantitative estimate of drug-likeness (QED) is 0.430. The summed E-state index contributed by atoms with van der Waals surface area (Å²) in [5.41, 5.74) is 4.37. The third-order valence-electron chi connectivity index (χ3n) is 5.05. The molecule has 0 aliphatic carbocycles. The van der Waals surface area contributed by atoms with Gasteiger partial charge >= 0.3 is 0 Å². The van der Waals surface area contributed by atoms with Gasteiger partial charge in [-0.3, -0.25) is 0 Å². The van der Waals surface area contributed by atoms with E-state index in [1.54, 1.807) is 35.8 Å². The standard InChI is InChI=1S/C21H24FN7S/c1-14-10-12-30-18(14)13-23-28-20-25-19(24-17-9-4-3-8-16(17)22)26-21(27-20)29-11-6-5-7-15(29)2/h3-4,8-10,12-13,15H,5-7,11H2,1-2H3,(H2,24,25,26,27,28)/b23-13-/t15-/m1/s1. The van der Waals surface area contributed by atoms with Crippen LogP contribution < -0.4 is 15.6 Å². The van der Waals surface area contributed by atoms with Crippen LogP contribution in [0.1, 0.15) is 36.6 Å². The van der Waals surface area contributed by atoms with Gasteiger partial charge in [0.05, 0.1) is 11.9 Å². The van der Waals surface area contributed by atoms with E-state index >= 15 is 0 Å². The first-order chi connectivity index (χ1) is 14.6. The third-order valence-corrected chi connectivity index (χ3v) is 6.01. The van der Waals surface area contributed by atoms with E-state index in [1.165, 1.54) is 12.5 Å². The summed E-state index contributed by atoms with van der Waals surface area (Å²) in [4.78, 5) is 16.7. The summed E-state index contributed by atoms with van der Waals surface area (Å²) in [7, 11) is 0. The number of piperidine rings is 1. The van der Waals surface area contributed by atoms with Crippen LogP contribution >= 0.6 is 11.3 Å². The number of aryl methyl sites for hydroxylation is 1.